The molecule has 1 aliphatic heterocycles. The van der Waals surface area contributed by atoms with Crippen molar-refractivity contribution in [1.82, 2.24) is 24.6 Å². The molecule has 7 nitrogen and oxygen atoms in total. The third kappa shape index (κ3) is 3.73. The number of pyridine rings is 2. The first-order valence-electron chi connectivity index (χ1n) is 10.6. The number of hydrogen-bond donors (Lipinski definition) is 0. The van der Waals surface area contributed by atoms with Crippen molar-refractivity contribution in [2.75, 3.05) is 20.2 Å². The van der Waals surface area contributed by atoms with Gasteiger partial charge in [0.25, 0.3) is 0 Å². The van der Waals surface area contributed by atoms with E-state index in [4.69, 9.17) is 4.74 Å². The smallest absolute Gasteiger partial charge is 0.167 e. The fourth-order valence-electron chi connectivity index (χ4n) is 4.21. The van der Waals surface area contributed by atoms with Crippen molar-refractivity contribution in [3.05, 3.63) is 72.2 Å². The summed E-state index contributed by atoms with van der Waals surface area (Å²) in [5, 5.41) is 5.29. The third-order valence-corrected chi connectivity index (χ3v) is 6.09. The van der Waals surface area contributed by atoms with Gasteiger partial charge in [-0.25, -0.2) is 14.1 Å². The summed E-state index contributed by atoms with van der Waals surface area (Å²) in [4.78, 5) is 14.9. The molecule has 0 saturated carbocycles. The molecule has 0 spiro atoms. The first-order valence-corrected chi connectivity index (χ1v) is 10.6. The molecule has 0 amide bonds. The van der Waals surface area contributed by atoms with E-state index >= 15 is 0 Å². The van der Waals surface area contributed by atoms with Crippen LogP contribution in [0, 0.1) is 5.82 Å². The predicted octanol–water partition coefficient (Wildman–Crippen LogP) is 4.89. The maximum atomic E-state index is 14.2. The van der Waals surface area contributed by atoms with Crippen LogP contribution in [0.25, 0.3) is 28.2 Å². The number of fused-ring (bicyclic) bond motifs is 1. The Hall–Kier alpha value is -4.07. The standard InChI is InChI=1S/C25H23FN6O/c1-16(31-14-18(15-31)17-4-7-28-8-5-17)13-32-25(27-2)21(12-30-32)19-6-9-29-23-11-22(26)24(33-3)10-20(19)23/h4-13,18H,2,14-15H2,1,3H3/b16-13+. The average Bonchev–Trinajstić information content (AvgIpc) is 3.20. The van der Waals surface area contributed by atoms with Crippen molar-refractivity contribution in [1.29, 1.82) is 0 Å². The number of aromatic nitrogens is 4. The van der Waals surface area contributed by atoms with E-state index < -0.39 is 5.82 Å². The number of halogens is 1. The normalized spacial score (nSPS) is 14.4. The number of benzene rings is 1. The second kappa shape index (κ2) is 8.46. The molecule has 0 bridgehead atoms. The fraction of sp³-hybridized carbons (Fsp3) is 0.200. The first-order chi connectivity index (χ1) is 16.1. The van der Waals surface area contributed by atoms with Crippen LogP contribution in [0.3, 0.4) is 0 Å². The van der Waals surface area contributed by atoms with Gasteiger partial charge in [0.05, 0.1) is 18.8 Å². The topological polar surface area (TPSA) is 68.4 Å². The van der Waals surface area contributed by atoms with Crippen molar-refractivity contribution < 1.29 is 9.13 Å². The highest BCUT2D eigenvalue weighted by atomic mass is 19.1. The third-order valence-electron chi connectivity index (χ3n) is 6.09. The van der Waals surface area contributed by atoms with Gasteiger partial charge >= 0.3 is 0 Å². The SMILES string of the molecule is C=Nc1c(-c2ccnc3cc(F)c(OC)cc23)cnn1/C=C(\C)N1CC(c2ccncc2)C1. The summed E-state index contributed by atoms with van der Waals surface area (Å²) in [6, 6.07) is 9.02. The van der Waals surface area contributed by atoms with E-state index in [1.807, 2.05) is 24.7 Å². The lowest BCUT2D eigenvalue weighted by Crippen LogP contribution is -2.43. The Bertz CT molecular complexity index is 1360. The first kappa shape index (κ1) is 20.8. The number of nitrogens with zero attached hydrogens (tertiary/aromatic N) is 6. The van der Waals surface area contributed by atoms with Crippen LogP contribution >= 0.6 is 0 Å². The zero-order chi connectivity index (χ0) is 22.9. The summed E-state index contributed by atoms with van der Waals surface area (Å²) >= 11 is 0. The van der Waals surface area contributed by atoms with Crippen LogP contribution in [0.4, 0.5) is 10.2 Å². The second-order valence-corrected chi connectivity index (χ2v) is 8.00. The molecule has 1 fully saturated rings. The van der Waals surface area contributed by atoms with Gasteiger partial charge in [-0.3, -0.25) is 9.97 Å². The van der Waals surface area contributed by atoms with Gasteiger partial charge in [0.2, 0.25) is 0 Å². The fourth-order valence-corrected chi connectivity index (χ4v) is 4.21. The van der Waals surface area contributed by atoms with E-state index in [1.54, 1.807) is 23.1 Å². The predicted molar refractivity (Wildman–Crippen MR) is 127 cm³/mol. The number of rotatable bonds is 6. The van der Waals surface area contributed by atoms with E-state index in [2.05, 4.69) is 50.7 Å². The molecule has 1 saturated heterocycles. The molecule has 8 heteroatoms. The number of methoxy groups -OCH3 is 1. The van der Waals surface area contributed by atoms with Crippen LogP contribution in [-0.4, -0.2) is 51.6 Å². The highest BCUT2D eigenvalue weighted by molar-refractivity contribution is 5.97. The molecule has 166 valence electrons. The van der Waals surface area contributed by atoms with Crippen molar-refractivity contribution in [2.45, 2.75) is 12.8 Å². The van der Waals surface area contributed by atoms with Crippen molar-refractivity contribution in [3.63, 3.8) is 0 Å². The van der Waals surface area contributed by atoms with E-state index in [0.29, 0.717) is 17.3 Å². The second-order valence-electron chi connectivity index (χ2n) is 8.00. The molecular weight excluding hydrogens is 419 g/mol. The number of allylic oxidation sites excluding steroid dienone is 1. The van der Waals surface area contributed by atoms with Crippen molar-refractivity contribution >= 4 is 29.6 Å². The molecule has 0 N–H and O–H groups in total. The van der Waals surface area contributed by atoms with E-state index in [1.165, 1.54) is 18.7 Å². The maximum absolute atomic E-state index is 14.2. The van der Waals surface area contributed by atoms with Gasteiger partial charge in [0.15, 0.2) is 17.4 Å². The molecule has 0 unspecified atom stereocenters. The van der Waals surface area contributed by atoms with Gasteiger partial charge in [-0.05, 0) is 49.0 Å². The Labute approximate surface area is 190 Å². The Morgan fingerprint density at radius 3 is 2.70 bits per heavy atom. The molecule has 5 rings (SSSR count). The Morgan fingerprint density at radius 1 is 1.18 bits per heavy atom. The summed E-state index contributed by atoms with van der Waals surface area (Å²) in [7, 11) is 1.44. The number of ether oxygens (including phenoxy) is 1. The van der Waals surface area contributed by atoms with Crippen molar-refractivity contribution in [2.24, 2.45) is 4.99 Å². The lowest BCUT2D eigenvalue weighted by molar-refractivity contribution is 0.200. The van der Waals surface area contributed by atoms with Crippen LogP contribution in [0.5, 0.6) is 5.75 Å². The monoisotopic (exact) mass is 442 g/mol. The number of hydrogen-bond acceptors (Lipinski definition) is 6. The van der Waals surface area contributed by atoms with Crippen LogP contribution in [0.1, 0.15) is 18.4 Å². The van der Waals surface area contributed by atoms with Gasteiger partial charge in [-0.15, -0.1) is 0 Å². The number of likely N-dealkylation sites (tertiary alicyclic amines) is 1. The quantitative estimate of drug-likeness (QED) is 0.398. The molecule has 1 aromatic carbocycles. The van der Waals surface area contributed by atoms with Crippen LogP contribution in [-0.2, 0) is 0 Å². The van der Waals surface area contributed by atoms with Crippen LogP contribution in [0.2, 0.25) is 0 Å². The summed E-state index contributed by atoms with van der Waals surface area (Å²) < 4.78 is 21.1. The van der Waals surface area contributed by atoms with Gasteiger partial charge in [0, 0.05) is 66.5 Å². The zero-order valence-electron chi connectivity index (χ0n) is 18.4. The zero-order valence-corrected chi connectivity index (χ0v) is 18.4. The molecule has 0 radical (unpaired) electrons. The Balaban J connectivity index is 1.46. The summed E-state index contributed by atoms with van der Waals surface area (Å²) in [5.41, 5.74) is 4.54. The highest BCUT2D eigenvalue weighted by Crippen LogP contribution is 2.37. The van der Waals surface area contributed by atoms with Crippen molar-refractivity contribution in [3.8, 4) is 16.9 Å². The van der Waals surface area contributed by atoms with Gasteiger partial charge in [-0.1, -0.05) is 0 Å². The maximum Gasteiger partial charge on any atom is 0.167 e. The largest absolute Gasteiger partial charge is 0.494 e. The molecule has 1 aliphatic rings. The van der Waals surface area contributed by atoms with E-state index in [9.17, 15) is 4.39 Å². The molecule has 3 aromatic heterocycles. The van der Waals surface area contributed by atoms with Crippen LogP contribution in [0.15, 0.2) is 65.8 Å². The average molecular weight is 442 g/mol. The summed E-state index contributed by atoms with van der Waals surface area (Å²) in [6.07, 6.45) is 9.02. The lowest BCUT2D eigenvalue weighted by atomic mass is 9.92. The van der Waals surface area contributed by atoms with Crippen LogP contribution < -0.4 is 4.74 Å². The minimum atomic E-state index is -0.453. The summed E-state index contributed by atoms with van der Waals surface area (Å²) in [6.45, 7) is 7.70. The summed E-state index contributed by atoms with van der Waals surface area (Å²) in [5.74, 6) is 0.816. The molecular formula is C25H23FN6O. The minimum absolute atomic E-state index is 0.162. The van der Waals surface area contributed by atoms with Gasteiger partial charge in [0.1, 0.15) is 0 Å². The van der Waals surface area contributed by atoms with Gasteiger partial charge in [-0.2, -0.15) is 5.10 Å². The number of aliphatic imine (C=N–C) groups is 1. The highest BCUT2D eigenvalue weighted by Gasteiger charge is 2.28. The lowest BCUT2D eigenvalue weighted by Gasteiger charge is -2.41. The Kier molecular flexibility index (Phi) is 5.34. The molecule has 33 heavy (non-hydrogen) atoms. The molecule has 4 aromatic rings. The molecule has 0 atom stereocenters. The molecule has 4 heterocycles. The Morgan fingerprint density at radius 2 is 1.97 bits per heavy atom. The minimum Gasteiger partial charge on any atom is -0.494 e. The molecule has 0 aliphatic carbocycles. The van der Waals surface area contributed by atoms with E-state index in [0.717, 1.165) is 35.3 Å². The van der Waals surface area contributed by atoms with E-state index in [-0.39, 0.29) is 5.75 Å². The van der Waals surface area contributed by atoms with Gasteiger partial charge < -0.3 is 9.64 Å².